The molecule has 2 N–H and O–H groups in total. The second-order valence-electron chi connectivity index (χ2n) is 4.19. The van der Waals surface area contributed by atoms with Gasteiger partial charge in [-0.1, -0.05) is 13.8 Å². The van der Waals surface area contributed by atoms with Gasteiger partial charge in [0.15, 0.2) is 5.78 Å². The fourth-order valence-electron chi connectivity index (χ4n) is 1.34. The second kappa shape index (κ2) is 6.96. The zero-order valence-electron chi connectivity index (χ0n) is 10.3. The maximum Gasteiger partial charge on any atom is 0.222 e. The average molecular weight is 237 g/mol. The van der Waals surface area contributed by atoms with Gasteiger partial charge in [-0.2, -0.15) is 0 Å². The predicted molar refractivity (Wildman–Crippen MR) is 65.9 cm³/mol. The highest BCUT2D eigenvalue weighted by Crippen LogP contribution is 2.11. The molecule has 0 aliphatic rings. The van der Waals surface area contributed by atoms with Crippen LogP contribution in [0, 0.1) is 0 Å². The fraction of sp³-hybridized carbons (Fsp3) is 0.583. The summed E-state index contributed by atoms with van der Waals surface area (Å²) >= 11 is 0. The summed E-state index contributed by atoms with van der Waals surface area (Å²) in [6.07, 6.45) is 2.78. The van der Waals surface area contributed by atoms with Gasteiger partial charge in [0.1, 0.15) is 6.61 Å². The maximum atomic E-state index is 10.9. The van der Waals surface area contributed by atoms with Crippen LogP contribution in [0.3, 0.4) is 0 Å². The molecule has 0 aliphatic heterocycles. The van der Waals surface area contributed by atoms with E-state index < -0.39 is 0 Å². The number of anilines is 1. The van der Waals surface area contributed by atoms with Crippen molar-refractivity contribution in [2.75, 3.05) is 18.5 Å². The van der Waals surface area contributed by atoms with E-state index in [-0.39, 0.29) is 12.4 Å². The lowest BCUT2D eigenvalue weighted by Crippen LogP contribution is -2.10. The summed E-state index contributed by atoms with van der Waals surface area (Å²) in [5, 5.41) is 11.6. The topological polar surface area (TPSA) is 75.1 Å². The standard InChI is InChI=1S/C12H19N3O2/c1-9(2)11-5-7-14-12(15-11)13-6-3-4-10(17)8-16/h5,7,9,16H,3-4,6,8H2,1-2H3,(H,13,14,15). The van der Waals surface area contributed by atoms with Crippen LogP contribution in [0.1, 0.15) is 38.3 Å². The molecule has 0 amide bonds. The number of nitrogens with one attached hydrogen (secondary N) is 1. The van der Waals surface area contributed by atoms with Gasteiger partial charge < -0.3 is 10.4 Å². The summed E-state index contributed by atoms with van der Waals surface area (Å²) in [7, 11) is 0. The van der Waals surface area contributed by atoms with Crippen LogP contribution >= 0.6 is 0 Å². The zero-order chi connectivity index (χ0) is 12.7. The van der Waals surface area contributed by atoms with Crippen LogP contribution in [-0.2, 0) is 4.79 Å². The van der Waals surface area contributed by atoms with Gasteiger partial charge >= 0.3 is 0 Å². The summed E-state index contributed by atoms with van der Waals surface area (Å²) < 4.78 is 0. The summed E-state index contributed by atoms with van der Waals surface area (Å²) in [6.45, 7) is 4.41. The maximum absolute atomic E-state index is 10.9. The van der Waals surface area contributed by atoms with E-state index in [1.807, 2.05) is 6.07 Å². The van der Waals surface area contributed by atoms with Crippen LogP contribution in [0.15, 0.2) is 12.3 Å². The van der Waals surface area contributed by atoms with E-state index in [4.69, 9.17) is 5.11 Å². The number of hydrogen-bond acceptors (Lipinski definition) is 5. The number of ketones is 1. The minimum absolute atomic E-state index is 0.136. The van der Waals surface area contributed by atoms with E-state index in [2.05, 4.69) is 29.1 Å². The van der Waals surface area contributed by atoms with Crippen molar-refractivity contribution in [2.45, 2.75) is 32.6 Å². The Balaban J connectivity index is 2.36. The van der Waals surface area contributed by atoms with Crippen molar-refractivity contribution >= 4 is 11.7 Å². The first-order chi connectivity index (χ1) is 8.13. The summed E-state index contributed by atoms with van der Waals surface area (Å²) in [4.78, 5) is 19.3. The lowest BCUT2D eigenvalue weighted by molar-refractivity contribution is -0.121. The Bertz CT molecular complexity index is 367. The molecule has 0 fully saturated rings. The third kappa shape index (κ3) is 4.91. The quantitative estimate of drug-likeness (QED) is 0.700. The molecule has 5 nitrogen and oxygen atoms in total. The number of hydrogen-bond donors (Lipinski definition) is 2. The first kappa shape index (κ1) is 13.6. The Morgan fingerprint density at radius 2 is 2.29 bits per heavy atom. The average Bonchev–Trinajstić information content (AvgIpc) is 2.34. The molecule has 17 heavy (non-hydrogen) atoms. The molecule has 0 unspecified atom stereocenters. The first-order valence-corrected chi connectivity index (χ1v) is 5.83. The van der Waals surface area contributed by atoms with Crippen LogP contribution in [-0.4, -0.2) is 34.0 Å². The third-order valence-corrected chi connectivity index (χ3v) is 2.36. The summed E-state index contributed by atoms with van der Waals surface area (Å²) in [5.41, 5.74) is 0.994. The molecule has 0 saturated carbocycles. The summed E-state index contributed by atoms with van der Waals surface area (Å²) in [5.74, 6) is 0.825. The van der Waals surface area contributed by atoms with Crippen LogP contribution in [0.2, 0.25) is 0 Å². The lowest BCUT2D eigenvalue weighted by Gasteiger charge is -2.07. The van der Waals surface area contributed by atoms with Crippen LogP contribution in [0.4, 0.5) is 5.95 Å². The number of carbonyl (C=O) groups is 1. The third-order valence-electron chi connectivity index (χ3n) is 2.36. The Morgan fingerprint density at radius 1 is 1.53 bits per heavy atom. The van der Waals surface area contributed by atoms with Gasteiger partial charge in [-0.3, -0.25) is 4.79 Å². The molecule has 5 heteroatoms. The monoisotopic (exact) mass is 237 g/mol. The van der Waals surface area contributed by atoms with E-state index in [1.165, 1.54) is 0 Å². The first-order valence-electron chi connectivity index (χ1n) is 5.83. The molecule has 0 atom stereocenters. The SMILES string of the molecule is CC(C)c1ccnc(NCCCC(=O)CO)n1. The Hall–Kier alpha value is -1.49. The van der Waals surface area contributed by atoms with Crippen molar-refractivity contribution in [3.8, 4) is 0 Å². The molecule has 0 bridgehead atoms. The molecule has 0 saturated heterocycles. The van der Waals surface area contributed by atoms with Crippen molar-refractivity contribution in [3.05, 3.63) is 18.0 Å². The minimum atomic E-state index is -0.376. The molecular weight excluding hydrogens is 218 g/mol. The molecule has 1 heterocycles. The molecule has 0 aliphatic carbocycles. The molecule has 1 rings (SSSR count). The normalized spacial score (nSPS) is 10.6. The molecule has 94 valence electrons. The highest BCUT2D eigenvalue weighted by atomic mass is 16.3. The van der Waals surface area contributed by atoms with Crippen molar-refractivity contribution < 1.29 is 9.90 Å². The number of nitrogens with zero attached hydrogens (tertiary/aromatic N) is 2. The van der Waals surface area contributed by atoms with Crippen molar-refractivity contribution in [3.63, 3.8) is 0 Å². The number of Topliss-reactive ketones (excluding diaryl/α,β-unsaturated/α-hetero) is 1. The predicted octanol–water partition coefficient (Wildman–Crippen LogP) is 1.35. The van der Waals surface area contributed by atoms with Gasteiger partial charge in [0, 0.05) is 24.9 Å². The van der Waals surface area contributed by atoms with E-state index >= 15 is 0 Å². The Labute approximate surface area is 101 Å². The molecule has 0 radical (unpaired) electrons. The van der Waals surface area contributed by atoms with Gasteiger partial charge in [0.05, 0.1) is 0 Å². The zero-order valence-corrected chi connectivity index (χ0v) is 10.3. The Morgan fingerprint density at radius 3 is 2.94 bits per heavy atom. The van der Waals surface area contributed by atoms with E-state index in [1.54, 1.807) is 6.20 Å². The van der Waals surface area contributed by atoms with Crippen LogP contribution in [0.25, 0.3) is 0 Å². The van der Waals surface area contributed by atoms with Crippen molar-refractivity contribution in [2.24, 2.45) is 0 Å². The highest BCUT2D eigenvalue weighted by molar-refractivity contribution is 5.79. The number of aliphatic hydroxyl groups is 1. The molecule has 0 aromatic carbocycles. The van der Waals surface area contributed by atoms with E-state index in [0.717, 1.165) is 5.69 Å². The number of aliphatic hydroxyl groups excluding tert-OH is 1. The van der Waals surface area contributed by atoms with Crippen LogP contribution in [0.5, 0.6) is 0 Å². The minimum Gasteiger partial charge on any atom is -0.389 e. The number of aromatic nitrogens is 2. The van der Waals surface area contributed by atoms with Crippen molar-refractivity contribution in [1.82, 2.24) is 9.97 Å². The van der Waals surface area contributed by atoms with Gasteiger partial charge in [-0.25, -0.2) is 9.97 Å². The van der Waals surface area contributed by atoms with Gasteiger partial charge in [0.2, 0.25) is 5.95 Å². The molecule has 0 spiro atoms. The second-order valence-corrected chi connectivity index (χ2v) is 4.19. The largest absolute Gasteiger partial charge is 0.389 e. The molecular formula is C12H19N3O2. The number of carbonyl (C=O) groups excluding carboxylic acids is 1. The molecule has 1 aromatic rings. The van der Waals surface area contributed by atoms with Gasteiger partial charge in [-0.05, 0) is 18.4 Å². The fourth-order valence-corrected chi connectivity index (χ4v) is 1.34. The van der Waals surface area contributed by atoms with E-state index in [9.17, 15) is 4.79 Å². The van der Waals surface area contributed by atoms with Gasteiger partial charge in [0.25, 0.3) is 0 Å². The summed E-state index contributed by atoms with van der Waals surface area (Å²) in [6, 6.07) is 1.89. The number of rotatable bonds is 7. The van der Waals surface area contributed by atoms with E-state index in [0.29, 0.717) is 31.3 Å². The van der Waals surface area contributed by atoms with Crippen LogP contribution < -0.4 is 5.32 Å². The molecule has 1 aromatic heterocycles. The van der Waals surface area contributed by atoms with Crippen molar-refractivity contribution in [1.29, 1.82) is 0 Å². The highest BCUT2D eigenvalue weighted by Gasteiger charge is 2.03. The Kier molecular flexibility index (Phi) is 5.56. The smallest absolute Gasteiger partial charge is 0.222 e. The van der Waals surface area contributed by atoms with Gasteiger partial charge in [-0.15, -0.1) is 0 Å². The lowest BCUT2D eigenvalue weighted by atomic mass is 10.1.